The van der Waals surface area contributed by atoms with Gasteiger partial charge in [-0.15, -0.1) is 0 Å². The molecule has 3 rings (SSSR count). The van der Waals surface area contributed by atoms with E-state index in [0.29, 0.717) is 10.7 Å². The number of rotatable bonds is 6. The second-order valence-electron chi connectivity index (χ2n) is 7.58. The Labute approximate surface area is 178 Å². The van der Waals surface area contributed by atoms with Gasteiger partial charge in [0.15, 0.2) is 11.6 Å². The lowest BCUT2D eigenvalue weighted by Crippen LogP contribution is -2.18. The van der Waals surface area contributed by atoms with Gasteiger partial charge in [0.2, 0.25) is 0 Å². The molecule has 0 aliphatic carbocycles. The van der Waals surface area contributed by atoms with E-state index in [2.05, 4.69) is 0 Å². The molecule has 2 aromatic carbocycles. The largest absolute Gasteiger partial charge is 0.505 e. The summed E-state index contributed by atoms with van der Waals surface area (Å²) in [6.45, 7) is 5.48. The van der Waals surface area contributed by atoms with Crippen LogP contribution in [-0.4, -0.2) is 26.7 Å². The van der Waals surface area contributed by atoms with Crippen LogP contribution >= 0.6 is 11.6 Å². The van der Waals surface area contributed by atoms with Crippen molar-refractivity contribution in [3.05, 3.63) is 64.1 Å². The average molecular weight is 432 g/mol. The van der Waals surface area contributed by atoms with E-state index >= 15 is 4.39 Å². The first-order valence-corrected chi connectivity index (χ1v) is 10.1. The molecule has 0 aliphatic heterocycles. The zero-order valence-electron chi connectivity index (χ0n) is 16.9. The fraction of sp³-hybridized carbons (Fsp3) is 0.304. The van der Waals surface area contributed by atoms with Gasteiger partial charge in [-0.05, 0) is 55.2 Å². The van der Waals surface area contributed by atoms with Crippen molar-refractivity contribution in [2.75, 3.05) is 0 Å². The molecule has 0 amide bonds. The minimum absolute atomic E-state index is 0.0430. The van der Waals surface area contributed by atoms with Crippen LogP contribution in [0.25, 0.3) is 10.9 Å². The van der Waals surface area contributed by atoms with E-state index in [1.165, 1.54) is 16.7 Å². The molecule has 0 fully saturated rings. The molecule has 0 spiro atoms. The molecule has 1 heterocycles. The second kappa shape index (κ2) is 8.48. The van der Waals surface area contributed by atoms with E-state index in [9.17, 15) is 19.8 Å². The highest BCUT2D eigenvalue weighted by molar-refractivity contribution is 6.31. The summed E-state index contributed by atoms with van der Waals surface area (Å²) in [5, 5.41) is 20.2. The number of carbonyl (C=O) groups excluding carboxylic acids is 1. The molecule has 1 unspecified atom stereocenters. The summed E-state index contributed by atoms with van der Waals surface area (Å²) in [6, 6.07) is 8.94. The van der Waals surface area contributed by atoms with Crippen molar-refractivity contribution < 1.29 is 24.2 Å². The van der Waals surface area contributed by atoms with E-state index in [1.807, 2.05) is 13.8 Å². The first-order chi connectivity index (χ1) is 14.2. The molecule has 2 atom stereocenters. The van der Waals surface area contributed by atoms with Crippen LogP contribution in [0, 0.1) is 18.7 Å². The fourth-order valence-corrected chi connectivity index (χ4v) is 4.02. The van der Waals surface area contributed by atoms with Crippen LogP contribution in [0.5, 0.6) is 5.75 Å². The number of aromatic nitrogens is 1. The molecule has 0 saturated carbocycles. The van der Waals surface area contributed by atoms with Crippen LogP contribution in [0.15, 0.2) is 36.4 Å². The number of fused-ring (bicyclic) bond motifs is 1. The SMILES string of the molecule is CCC(C)C[C@H](C(=O)O)c1c(C)n(C(=O)c2cccc(Cl)c2)c2ccc(O)c(F)c12. The zero-order chi connectivity index (χ0) is 22.2. The van der Waals surface area contributed by atoms with Crippen molar-refractivity contribution in [1.82, 2.24) is 4.57 Å². The molecule has 7 heteroatoms. The number of phenols is 1. The van der Waals surface area contributed by atoms with Gasteiger partial charge in [0.1, 0.15) is 0 Å². The van der Waals surface area contributed by atoms with Gasteiger partial charge in [-0.1, -0.05) is 37.9 Å². The molecular formula is C23H23ClFNO4. The Morgan fingerprint density at radius 2 is 1.93 bits per heavy atom. The Hall–Kier alpha value is -2.86. The van der Waals surface area contributed by atoms with Crippen LogP contribution in [0.3, 0.4) is 0 Å². The lowest BCUT2D eigenvalue weighted by Gasteiger charge is -2.18. The molecule has 30 heavy (non-hydrogen) atoms. The molecule has 0 aliphatic rings. The van der Waals surface area contributed by atoms with Gasteiger partial charge in [0.05, 0.1) is 11.4 Å². The average Bonchev–Trinajstić information content (AvgIpc) is 3.00. The van der Waals surface area contributed by atoms with Gasteiger partial charge in [0, 0.05) is 21.7 Å². The van der Waals surface area contributed by atoms with E-state index in [-0.39, 0.29) is 34.4 Å². The lowest BCUT2D eigenvalue weighted by molar-refractivity contribution is -0.139. The molecule has 2 N–H and O–H groups in total. The maximum atomic E-state index is 15.0. The van der Waals surface area contributed by atoms with Gasteiger partial charge in [-0.25, -0.2) is 4.39 Å². The normalized spacial score (nSPS) is 13.4. The molecule has 1 aromatic heterocycles. The van der Waals surface area contributed by atoms with Crippen molar-refractivity contribution in [2.24, 2.45) is 5.92 Å². The summed E-state index contributed by atoms with van der Waals surface area (Å²) in [4.78, 5) is 25.4. The number of hydrogen-bond acceptors (Lipinski definition) is 3. The Morgan fingerprint density at radius 1 is 1.23 bits per heavy atom. The maximum Gasteiger partial charge on any atom is 0.311 e. The Morgan fingerprint density at radius 3 is 2.53 bits per heavy atom. The molecule has 0 bridgehead atoms. The van der Waals surface area contributed by atoms with Gasteiger partial charge in [-0.2, -0.15) is 0 Å². The molecular weight excluding hydrogens is 409 g/mol. The first kappa shape index (κ1) is 21.8. The summed E-state index contributed by atoms with van der Waals surface area (Å²) < 4.78 is 16.3. The summed E-state index contributed by atoms with van der Waals surface area (Å²) in [5.74, 6) is -4.03. The van der Waals surface area contributed by atoms with Crippen LogP contribution < -0.4 is 0 Å². The number of carbonyl (C=O) groups is 2. The number of carboxylic acid groups (broad SMARTS) is 1. The Bertz CT molecular complexity index is 1140. The van der Waals surface area contributed by atoms with Gasteiger partial charge in [-0.3, -0.25) is 14.2 Å². The highest BCUT2D eigenvalue weighted by Gasteiger charge is 2.32. The fourth-order valence-electron chi connectivity index (χ4n) is 3.83. The van der Waals surface area contributed by atoms with Crippen molar-refractivity contribution in [2.45, 2.75) is 39.5 Å². The standard InChI is InChI=1S/C23H23ClFNO4/c1-4-12(2)10-16(23(29)30)19-13(3)26(17-8-9-18(27)21(25)20(17)19)22(28)14-6-5-7-15(24)11-14/h5-9,11-12,16,27H,4,10H2,1-3H3,(H,29,30)/t12?,16-/m0/s1. The highest BCUT2D eigenvalue weighted by atomic mass is 35.5. The van der Waals surface area contributed by atoms with Crippen LogP contribution in [0.4, 0.5) is 4.39 Å². The highest BCUT2D eigenvalue weighted by Crippen LogP contribution is 2.39. The van der Waals surface area contributed by atoms with Crippen LogP contribution in [0.1, 0.15) is 54.2 Å². The van der Waals surface area contributed by atoms with Crippen molar-refractivity contribution in [3.63, 3.8) is 0 Å². The molecule has 5 nitrogen and oxygen atoms in total. The Kier molecular flexibility index (Phi) is 6.17. The quantitative estimate of drug-likeness (QED) is 0.521. The first-order valence-electron chi connectivity index (χ1n) is 9.72. The summed E-state index contributed by atoms with van der Waals surface area (Å²) in [5.41, 5.74) is 1.03. The van der Waals surface area contributed by atoms with E-state index < -0.39 is 29.4 Å². The molecule has 0 saturated heterocycles. The maximum absolute atomic E-state index is 15.0. The summed E-state index contributed by atoms with van der Waals surface area (Å²) >= 11 is 6.02. The second-order valence-corrected chi connectivity index (χ2v) is 8.02. The monoisotopic (exact) mass is 431 g/mol. The smallest absolute Gasteiger partial charge is 0.311 e. The third-order valence-corrected chi connectivity index (χ3v) is 5.83. The Balaban J connectivity index is 2.33. The summed E-state index contributed by atoms with van der Waals surface area (Å²) in [7, 11) is 0. The number of carboxylic acids is 1. The number of benzene rings is 2. The van der Waals surface area contributed by atoms with Gasteiger partial charge < -0.3 is 10.2 Å². The van der Waals surface area contributed by atoms with E-state index in [0.717, 1.165) is 12.5 Å². The number of halogens is 2. The van der Waals surface area contributed by atoms with Crippen molar-refractivity contribution >= 4 is 34.4 Å². The predicted molar refractivity (Wildman–Crippen MR) is 114 cm³/mol. The number of phenolic OH excluding ortho intramolecular Hbond substituents is 1. The topological polar surface area (TPSA) is 79.5 Å². The van der Waals surface area contributed by atoms with Crippen molar-refractivity contribution in [1.29, 1.82) is 0 Å². The minimum atomic E-state index is -1.10. The molecule has 3 aromatic rings. The molecule has 158 valence electrons. The zero-order valence-corrected chi connectivity index (χ0v) is 17.7. The van der Waals surface area contributed by atoms with Crippen molar-refractivity contribution in [3.8, 4) is 5.75 Å². The van der Waals surface area contributed by atoms with Gasteiger partial charge in [0.25, 0.3) is 5.91 Å². The number of aliphatic carboxylic acids is 1. The lowest BCUT2D eigenvalue weighted by atomic mass is 9.87. The predicted octanol–water partition coefficient (Wildman–Crippen LogP) is 5.74. The van der Waals surface area contributed by atoms with E-state index in [4.69, 9.17) is 11.6 Å². The number of hydrogen-bond donors (Lipinski definition) is 2. The van der Waals surface area contributed by atoms with E-state index in [1.54, 1.807) is 25.1 Å². The van der Waals surface area contributed by atoms with Crippen LogP contribution in [-0.2, 0) is 4.79 Å². The minimum Gasteiger partial charge on any atom is -0.505 e. The molecule has 0 radical (unpaired) electrons. The third-order valence-electron chi connectivity index (χ3n) is 5.59. The summed E-state index contributed by atoms with van der Waals surface area (Å²) in [6.07, 6.45) is 1.04. The number of nitrogens with zero attached hydrogens (tertiary/aromatic N) is 1. The third kappa shape index (κ3) is 3.79. The van der Waals surface area contributed by atoms with Gasteiger partial charge >= 0.3 is 5.97 Å². The number of aromatic hydroxyl groups is 1. The van der Waals surface area contributed by atoms with Crippen LogP contribution in [0.2, 0.25) is 5.02 Å².